The Morgan fingerprint density at radius 2 is 0.472 bits per heavy atom. The van der Waals surface area contributed by atoms with Crippen LogP contribution in [0.25, 0.3) is 112 Å². The molecule has 7 aliphatic rings. The van der Waals surface area contributed by atoms with Crippen molar-refractivity contribution in [2.75, 3.05) is 0 Å². The molecule has 5 aliphatic carbocycles. The van der Waals surface area contributed by atoms with Gasteiger partial charge in [0.15, 0.2) is 11.6 Å². The number of nitrogens with zero attached hydrogens (tertiary/aromatic N) is 4. The van der Waals surface area contributed by atoms with E-state index in [2.05, 4.69) is 352 Å². The zero-order chi connectivity index (χ0) is 70.8. The van der Waals surface area contributed by atoms with Gasteiger partial charge in [0.25, 0.3) is 0 Å². The van der Waals surface area contributed by atoms with Gasteiger partial charge in [0, 0.05) is 67.5 Å². The van der Waals surface area contributed by atoms with Crippen LogP contribution in [0.15, 0.2) is 364 Å². The molecule has 0 fully saturated rings. The van der Waals surface area contributed by atoms with Crippen molar-refractivity contribution in [3.8, 4) is 135 Å². The maximum Gasteiger partial charge on any atom is 0.160 e. The van der Waals surface area contributed by atoms with Crippen molar-refractivity contribution < 1.29 is 9.47 Å². The number of hydrogen-bond acceptors (Lipinski definition) is 6. The second-order valence-corrected chi connectivity index (χ2v) is 29.3. The summed E-state index contributed by atoms with van der Waals surface area (Å²) in [6.45, 7) is 0. The maximum atomic E-state index is 6.70. The number of aromatic nitrogens is 4. The Bertz CT molecular complexity index is 6180. The molecule has 4 heterocycles. The lowest BCUT2D eigenvalue weighted by Gasteiger charge is -2.42. The van der Waals surface area contributed by atoms with Gasteiger partial charge in [-0.05, 0) is 173 Å². The first-order valence-electron chi connectivity index (χ1n) is 37.2. The van der Waals surface area contributed by atoms with E-state index >= 15 is 0 Å². The first kappa shape index (κ1) is 60.5. The molecule has 0 amide bonds. The Kier molecular flexibility index (Phi) is 13.0. The van der Waals surface area contributed by atoms with E-state index in [4.69, 9.17) is 29.4 Å². The highest BCUT2D eigenvalue weighted by Crippen LogP contribution is 2.65. The fraction of sp³-hybridized carbons (Fsp3) is 0.0392. The molecule has 2 unspecified atom stereocenters. The molecule has 2 spiro atoms. The first-order chi connectivity index (χ1) is 53.5. The third-order valence-corrected chi connectivity index (χ3v) is 23.8. The fourth-order valence-electron chi connectivity index (χ4n) is 19.2. The van der Waals surface area contributed by atoms with Crippen LogP contribution in [0, 0.1) is 0 Å². The first-order valence-corrected chi connectivity index (χ1v) is 37.2. The van der Waals surface area contributed by atoms with Crippen LogP contribution in [0.4, 0.5) is 0 Å². The second kappa shape index (κ2) is 23.3. The average Bonchev–Trinajstić information content (AvgIpc) is 1.42. The molecule has 108 heavy (non-hydrogen) atoms. The fourth-order valence-corrected chi connectivity index (χ4v) is 19.2. The van der Waals surface area contributed by atoms with Crippen molar-refractivity contribution in [2.24, 2.45) is 0 Å². The number of fused-ring (bicyclic) bond motifs is 18. The van der Waals surface area contributed by atoms with Crippen molar-refractivity contribution in [2.45, 2.75) is 22.7 Å². The monoisotopic (exact) mass is 1370 g/mol. The Hall–Kier alpha value is -13.9. The number of ether oxygens (including phenoxy) is 2. The molecule has 502 valence electrons. The van der Waals surface area contributed by atoms with Gasteiger partial charge in [-0.3, -0.25) is 0 Å². The molecule has 0 N–H and O–H groups in total. The Morgan fingerprint density at radius 3 is 0.870 bits per heavy atom. The summed E-state index contributed by atoms with van der Waals surface area (Å²) in [6, 6.07) is 132. The summed E-state index contributed by atoms with van der Waals surface area (Å²) < 4.78 is 13.4. The van der Waals surface area contributed by atoms with Crippen LogP contribution in [-0.4, -0.2) is 19.9 Å². The third-order valence-electron chi connectivity index (χ3n) is 23.8. The van der Waals surface area contributed by atoms with E-state index in [9.17, 15) is 0 Å². The molecular weight excluding hydrogens is 1310 g/mol. The summed E-state index contributed by atoms with van der Waals surface area (Å²) in [7, 11) is 0. The SMILES string of the molecule is c1ccc(-c2nc(-c3cccc(-c4ccc5c(c4)C4(c6ccccc6Oc6ccccc64)c4ccccc4-5)c3)cc(-c3ccc4c(c3)C3c5ccccc5C4c4cc(-c5cc(-c6cccc(-c7ccc8c(c7)C7(c9ccccc9Oc9ccccc97)c7ccccc7-8)c6)nc(-c6ccccc6)n5)ccc43)n2)cc1. The van der Waals surface area contributed by atoms with Crippen LogP contribution in [0.3, 0.4) is 0 Å². The standard InChI is InChI=1S/C102H62N4O2/c1-3-23-61(24-4-1)99-103-89(67-29-21-27-63(53-67)65-45-49-73-71-31-9-11-35-81(71)101(87(73)57-65)83-37-13-17-41-93(83)107-94-42-18-14-38-84(94)101)59-91(105-99)69-47-51-77-79(55-69)97-75-33-7-8-34-76(75)98(77)80-56-70(48-52-78(80)97)92-60-90(104-100(106-92)62-25-5-2-6-26-62)68-30-22-28-64(54-68)66-46-50-74-72-32-10-12-36-82(72)102(88(74)58-66)85-39-15-19-43-95(85)108-96-44-20-16-40-86(96)102/h1-60,97-98H. The van der Waals surface area contributed by atoms with Crippen LogP contribution >= 0.6 is 0 Å². The minimum absolute atomic E-state index is 0.0121. The predicted octanol–water partition coefficient (Wildman–Crippen LogP) is 24.5. The lowest BCUT2D eigenvalue weighted by Crippen LogP contribution is -2.32. The molecule has 2 aromatic heterocycles. The van der Waals surface area contributed by atoms with Crippen LogP contribution in [0.2, 0.25) is 0 Å². The van der Waals surface area contributed by atoms with E-state index in [1.165, 1.54) is 77.9 Å². The normalized spacial score (nSPS) is 15.1. The quantitative estimate of drug-likeness (QED) is 0.151. The highest BCUT2D eigenvalue weighted by molar-refractivity contribution is 5.93. The average molecular weight is 1380 g/mol. The zero-order valence-electron chi connectivity index (χ0n) is 58.4. The number of hydrogen-bond donors (Lipinski definition) is 0. The smallest absolute Gasteiger partial charge is 0.160 e. The third kappa shape index (κ3) is 8.77. The van der Waals surface area contributed by atoms with Crippen molar-refractivity contribution in [1.29, 1.82) is 0 Å². The van der Waals surface area contributed by atoms with E-state index in [0.29, 0.717) is 11.6 Å². The van der Waals surface area contributed by atoms with Crippen molar-refractivity contribution in [1.82, 2.24) is 19.9 Å². The van der Waals surface area contributed by atoms with Gasteiger partial charge in [-0.15, -0.1) is 0 Å². The molecule has 0 radical (unpaired) electrons. The minimum atomic E-state index is -0.578. The van der Waals surface area contributed by atoms with E-state index in [1.54, 1.807) is 0 Å². The van der Waals surface area contributed by atoms with Gasteiger partial charge in [0.2, 0.25) is 0 Å². The summed E-state index contributed by atoms with van der Waals surface area (Å²) >= 11 is 0. The lowest BCUT2D eigenvalue weighted by molar-refractivity contribution is 0.436. The van der Waals surface area contributed by atoms with E-state index in [0.717, 1.165) is 124 Å². The predicted molar refractivity (Wildman–Crippen MR) is 431 cm³/mol. The molecular formula is C102H62N4O2. The molecule has 6 nitrogen and oxygen atoms in total. The Morgan fingerprint density at radius 1 is 0.185 bits per heavy atom. The summed E-state index contributed by atoms with van der Waals surface area (Å²) in [5, 5.41) is 0. The Balaban J connectivity index is 0.611. The van der Waals surface area contributed by atoms with Crippen molar-refractivity contribution in [3.05, 3.63) is 442 Å². The molecule has 2 bridgehead atoms. The lowest BCUT2D eigenvalue weighted by atomic mass is 9.60. The van der Waals surface area contributed by atoms with E-state index in [-0.39, 0.29) is 11.8 Å². The zero-order valence-corrected chi connectivity index (χ0v) is 58.4. The highest BCUT2D eigenvalue weighted by Gasteiger charge is 2.53. The molecule has 2 aliphatic heterocycles. The molecule has 24 rings (SSSR count). The van der Waals surface area contributed by atoms with Gasteiger partial charge in [0.05, 0.1) is 33.6 Å². The second-order valence-electron chi connectivity index (χ2n) is 29.3. The number of benzene rings is 15. The van der Waals surface area contributed by atoms with Gasteiger partial charge in [-0.1, -0.05) is 291 Å². The van der Waals surface area contributed by atoms with Gasteiger partial charge >= 0.3 is 0 Å². The van der Waals surface area contributed by atoms with Crippen LogP contribution in [-0.2, 0) is 10.8 Å². The Labute approximate surface area is 625 Å². The highest BCUT2D eigenvalue weighted by atomic mass is 16.5. The van der Waals surface area contributed by atoms with Crippen molar-refractivity contribution >= 4 is 0 Å². The van der Waals surface area contributed by atoms with E-state index < -0.39 is 10.8 Å². The molecule has 0 saturated heterocycles. The van der Waals surface area contributed by atoms with Gasteiger partial charge < -0.3 is 9.47 Å². The largest absolute Gasteiger partial charge is 0.457 e. The van der Waals surface area contributed by atoms with E-state index in [1.807, 2.05) is 12.1 Å². The topological polar surface area (TPSA) is 70.0 Å². The summed E-state index contributed by atoms with van der Waals surface area (Å²) in [5.41, 5.74) is 35.2. The van der Waals surface area contributed by atoms with Crippen molar-refractivity contribution in [3.63, 3.8) is 0 Å². The molecule has 0 saturated carbocycles. The van der Waals surface area contributed by atoms with Crippen LogP contribution < -0.4 is 9.47 Å². The van der Waals surface area contributed by atoms with Gasteiger partial charge in [-0.25, -0.2) is 19.9 Å². The summed E-state index contributed by atoms with van der Waals surface area (Å²) in [5.74, 6) is 4.84. The molecule has 6 heteroatoms. The number of rotatable bonds is 8. The van der Waals surface area contributed by atoms with Crippen LogP contribution in [0.1, 0.15) is 89.7 Å². The minimum Gasteiger partial charge on any atom is -0.457 e. The molecule has 2 atom stereocenters. The van der Waals surface area contributed by atoms with Crippen LogP contribution in [0.5, 0.6) is 23.0 Å². The summed E-state index contributed by atoms with van der Waals surface area (Å²) in [4.78, 5) is 21.8. The number of para-hydroxylation sites is 4. The molecule has 17 aromatic rings. The van der Waals surface area contributed by atoms with Gasteiger partial charge in [0.1, 0.15) is 23.0 Å². The van der Waals surface area contributed by atoms with Gasteiger partial charge in [-0.2, -0.15) is 0 Å². The molecule has 15 aromatic carbocycles. The summed E-state index contributed by atoms with van der Waals surface area (Å²) in [6.07, 6.45) is 0. The maximum absolute atomic E-state index is 6.70.